The molecule has 1 amide bonds. The third-order valence-electron chi connectivity index (χ3n) is 2.82. The lowest BCUT2D eigenvalue weighted by Crippen LogP contribution is -2.27. The number of nitrogens with two attached hydrogens (primary N) is 1. The summed E-state index contributed by atoms with van der Waals surface area (Å²) >= 11 is 5.92. The number of carbonyl (C=O) groups excluding carboxylic acids is 1. The first-order valence-corrected chi connectivity index (χ1v) is 5.94. The first-order chi connectivity index (χ1) is 8.08. The van der Waals surface area contributed by atoms with Gasteiger partial charge in [0, 0.05) is 12.3 Å². The second-order valence-electron chi connectivity index (χ2n) is 4.18. The molecule has 0 radical (unpaired) electrons. The molecular weight excluding hydrogens is 240 g/mol. The zero-order valence-electron chi connectivity index (χ0n) is 9.63. The normalized spacial score (nSPS) is 19.3. The fraction of sp³-hybridized carbons (Fsp3) is 0.417. The third kappa shape index (κ3) is 2.70. The minimum Gasteiger partial charge on any atom is -0.398 e. The predicted octanol–water partition coefficient (Wildman–Crippen LogP) is 2.35. The molecular formula is C12H15ClN2O2. The van der Waals surface area contributed by atoms with Gasteiger partial charge in [-0.05, 0) is 37.5 Å². The van der Waals surface area contributed by atoms with Gasteiger partial charge in [0.15, 0.2) is 0 Å². The Bertz CT molecular complexity index is 442. The Balaban J connectivity index is 2.12. The maximum Gasteiger partial charge on any atom is 0.253 e. The van der Waals surface area contributed by atoms with Crippen molar-refractivity contribution in [3.63, 3.8) is 0 Å². The van der Waals surface area contributed by atoms with Crippen LogP contribution in [0.1, 0.15) is 18.4 Å². The Morgan fingerprint density at radius 1 is 1.59 bits per heavy atom. The molecule has 1 fully saturated rings. The summed E-state index contributed by atoms with van der Waals surface area (Å²) in [5.74, 6) is -0.119. The van der Waals surface area contributed by atoms with Crippen molar-refractivity contribution >= 4 is 28.9 Å². The van der Waals surface area contributed by atoms with Crippen molar-refractivity contribution in [2.75, 3.05) is 17.7 Å². The molecule has 0 saturated carbocycles. The number of rotatable bonds is 2. The number of ether oxygens (including phenoxy) is 1. The van der Waals surface area contributed by atoms with Crippen LogP contribution in [0.3, 0.4) is 0 Å². The molecule has 1 saturated heterocycles. The van der Waals surface area contributed by atoms with E-state index in [1.807, 2.05) is 6.92 Å². The van der Waals surface area contributed by atoms with E-state index in [0.29, 0.717) is 23.0 Å². The Hall–Kier alpha value is -1.26. The predicted molar refractivity (Wildman–Crippen MR) is 68.2 cm³/mol. The lowest BCUT2D eigenvalue weighted by atomic mass is 10.1. The second kappa shape index (κ2) is 4.94. The highest BCUT2D eigenvalue weighted by atomic mass is 35.5. The number of benzene rings is 1. The fourth-order valence-electron chi connectivity index (χ4n) is 1.84. The molecule has 1 heterocycles. The molecule has 1 atom stereocenters. The molecule has 1 aromatic carbocycles. The van der Waals surface area contributed by atoms with Gasteiger partial charge < -0.3 is 15.8 Å². The van der Waals surface area contributed by atoms with Gasteiger partial charge in [0.1, 0.15) is 6.10 Å². The Morgan fingerprint density at radius 3 is 3.00 bits per heavy atom. The van der Waals surface area contributed by atoms with Gasteiger partial charge in [-0.15, -0.1) is 0 Å². The lowest BCUT2D eigenvalue weighted by molar-refractivity contribution is -0.124. The molecule has 3 N–H and O–H groups in total. The first kappa shape index (κ1) is 12.2. The number of carbonyl (C=O) groups is 1. The van der Waals surface area contributed by atoms with Crippen LogP contribution in [0.5, 0.6) is 0 Å². The van der Waals surface area contributed by atoms with E-state index in [-0.39, 0.29) is 12.0 Å². The molecule has 5 heteroatoms. The largest absolute Gasteiger partial charge is 0.398 e. The Morgan fingerprint density at radius 2 is 2.35 bits per heavy atom. The van der Waals surface area contributed by atoms with Crippen LogP contribution in [0.25, 0.3) is 0 Å². The molecule has 0 aliphatic carbocycles. The van der Waals surface area contributed by atoms with Gasteiger partial charge in [0.2, 0.25) is 0 Å². The minimum atomic E-state index is -0.342. The molecule has 1 unspecified atom stereocenters. The maximum absolute atomic E-state index is 11.9. The molecule has 1 aromatic rings. The maximum atomic E-state index is 11.9. The van der Waals surface area contributed by atoms with Crippen LogP contribution >= 0.6 is 11.6 Å². The summed E-state index contributed by atoms with van der Waals surface area (Å²) in [7, 11) is 0. The van der Waals surface area contributed by atoms with E-state index in [1.165, 1.54) is 0 Å². The van der Waals surface area contributed by atoms with Crippen molar-refractivity contribution in [1.82, 2.24) is 0 Å². The van der Waals surface area contributed by atoms with Crippen LogP contribution in [0, 0.1) is 6.92 Å². The molecule has 1 aliphatic heterocycles. The van der Waals surface area contributed by atoms with Crippen LogP contribution in [-0.4, -0.2) is 18.6 Å². The van der Waals surface area contributed by atoms with E-state index in [9.17, 15) is 4.79 Å². The van der Waals surface area contributed by atoms with Crippen molar-refractivity contribution in [3.05, 3.63) is 22.7 Å². The van der Waals surface area contributed by atoms with Crippen molar-refractivity contribution in [2.45, 2.75) is 25.9 Å². The van der Waals surface area contributed by atoms with Crippen LogP contribution < -0.4 is 11.1 Å². The number of hydrogen-bond donors (Lipinski definition) is 2. The molecule has 92 valence electrons. The van der Waals surface area contributed by atoms with Gasteiger partial charge in [0.25, 0.3) is 5.91 Å². The average Bonchev–Trinajstić information content (AvgIpc) is 2.79. The molecule has 0 aromatic heterocycles. The summed E-state index contributed by atoms with van der Waals surface area (Å²) in [6, 6.07) is 3.41. The van der Waals surface area contributed by atoms with Crippen molar-refractivity contribution in [3.8, 4) is 0 Å². The molecule has 4 nitrogen and oxygen atoms in total. The molecule has 2 rings (SSSR count). The summed E-state index contributed by atoms with van der Waals surface area (Å²) in [5, 5.41) is 3.26. The van der Waals surface area contributed by atoms with E-state index >= 15 is 0 Å². The molecule has 0 bridgehead atoms. The van der Waals surface area contributed by atoms with Crippen molar-refractivity contribution in [1.29, 1.82) is 0 Å². The van der Waals surface area contributed by atoms with E-state index in [1.54, 1.807) is 12.1 Å². The Labute approximate surface area is 105 Å². The summed E-state index contributed by atoms with van der Waals surface area (Å²) in [5.41, 5.74) is 7.76. The molecule has 0 spiro atoms. The van der Waals surface area contributed by atoms with Crippen LogP contribution in [0.4, 0.5) is 11.4 Å². The first-order valence-electron chi connectivity index (χ1n) is 5.56. The van der Waals surface area contributed by atoms with E-state index in [0.717, 1.165) is 18.4 Å². The number of halogens is 1. The van der Waals surface area contributed by atoms with Gasteiger partial charge in [0.05, 0.1) is 10.7 Å². The number of nitrogens with one attached hydrogen (secondary N) is 1. The number of hydrogen-bond acceptors (Lipinski definition) is 3. The zero-order valence-corrected chi connectivity index (χ0v) is 10.4. The number of aryl methyl sites for hydroxylation is 1. The van der Waals surface area contributed by atoms with Crippen LogP contribution in [-0.2, 0) is 9.53 Å². The monoisotopic (exact) mass is 254 g/mol. The second-order valence-corrected chi connectivity index (χ2v) is 4.59. The SMILES string of the molecule is Cc1cc(N)c(Cl)cc1NC(=O)C1CCCO1. The summed E-state index contributed by atoms with van der Waals surface area (Å²) in [6.07, 6.45) is 1.36. The smallest absolute Gasteiger partial charge is 0.253 e. The summed E-state index contributed by atoms with van der Waals surface area (Å²) < 4.78 is 5.31. The Kier molecular flexibility index (Phi) is 3.54. The van der Waals surface area contributed by atoms with E-state index in [4.69, 9.17) is 22.1 Å². The van der Waals surface area contributed by atoms with Crippen molar-refractivity contribution < 1.29 is 9.53 Å². The lowest BCUT2D eigenvalue weighted by Gasteiger charge is -2.13. The summed E-state index contributed by atoms with van der Waals surface area (Å²) in [6.45, 7) is 2.53. The van der Waals surface area contributed by atoms with Gasteiger partial charge in [-0.25, -0.2) is 0 Å². The number of anilines is 2. The number of amides is 1. The van der Waals surface area contributed by atoms with E-state index in [2.05, 4.69) is 5.32 Å². The van der Waals surface area contributed by atoms with Gasteiger partial charge in [-0.3, -0.25) is 4.79 Å². The molecule has 17 heavy (non-hydrogen) atoms. The topological polar surface area (TPSA) is 64.3 Å². The highest BCUT2D eigenvalue weighted by molar-refractivity contribution is 6.33. The van der Waals surface area contributed by atoms with Crippen molar-refractivity contribution in [2.24, 2.45) is 0 Å². The van der Waals surface area contributed by atoms with E-state index < -0.39 is 0 Å². The average molecular weight is 255 g/mol. The number of nitrogen functional groups attached to an aromatic ring is 1. The third-order valence-corrected chi connectivity index (χ3v) is 3.15. The standard InChI is InChI=1S/C12H15ClN2O2/c1-7-5-9(14)8(13)6-10(7)15-12(16)11-3-2-4-17-11/h5-6,11H,2-4,14H2,1H3,(H,15,16). The van der Waals surface area contributed by atoms with Gasteiger partial charge in [-0.1, -0.05) is 11.6 Å². The minimum absolute atomic E-state index is 0.119. The quantitative estimate of drug-likeness (QED) is 0.797. The van der Waals surface area contributed by atoms with Gasteiger partial charge in [-0.2, -0.15) is 0 Å². The molecule has 1 aliphatic rings. The highest BCUT2D eigenvalue weighted by Gasteiger charge is 2.23. The van der Waals surface area contributed by atoms with Crippen LogP contribution in [0.2, 0.25) is 5.02 Å². The fourth-order valence-corrected chi connectivity index (χ4v) is 2.00. The van der Waals surface area contributed by atoms with Gasteiger partial charge >= 0.3 is 0 Å². The van der Waals surface area contributed by atoms with Crippen LogP contribution in [0.15, 0.2) is 12.1 Å². The highest BCUT2D eigenvalue weighted by Crippen LogP contribution is 2.27. The summed E-state index contributed by atoms with van der Waals surface area (Å²) in [4.78, 5) is 11.9. The zero-order chi connectivity index (χ0) is 12.4.